The van der Waals surface area contributed by atoms with Crippen LogP contribution in [0.25, 0.3) is 0 Å². The van der Waals surface area contributed by atoms with Crippen LogP contribution in [0.2, 0.25) is 0 Å². The van der Waals surface area contributed by atoms with E-state index in [1.807, 2.05) is 25.9 Å². The van der Waals surface area contributed by atoms with Gasteiger partial charge in [-0.25, -0.2) is 13.1 Å². The number of anilines is 1. The van der Waals surface area contributed by atoms with E-state index in [9.17, 15) is 13.2 Å². The molecule has 1 amide bonds. The SMILES string of the molecule is CC(=O)N1CCc2cc(S(=O)(=O)N[C@@H](C)CCN(C)C)ccc21. The van der Waals surface area contributed by atoms with Crippen LogP contribution in [-0.4, -0.2) is 52.5 Å². The molecule has 0 aromatic heterocycles. The number of benzene rings is 1. The number of sulfonamides is 1. The van der Waals surface area contributed by atoms with Gasteiger partial charge < -0.3 is 9.80 Å². The molecule has 1 aliphatic rings. The van der Waals surface area contributed by atoms with Gasteiger partial charge in [0, 0.05) is 25.2 Å². The third-order valence-corrected chi connectivity index (χ3v) is 5.59. The van der Waals surface area contributed by atoms with Crippen LogP contribution < -0.4 is 9.62 Å². The molecule has 0 saturated carbocycles. The molecule has 23 heavy (non-hydrogen) atoms. The first-order valence-corrected chi connectivity index (χ1v) is 9.27. The minimum Gasteiger partial charge on any atom is -0.312 e. The van der Waals surface area contributed by atoms with E-state index in [0.29, 0.717) is 13.0 Å². The second-order valence-corrected chi connectivity index (χ2v) is 8.04. The Morgan fingerprint density at radius 3 is 2.70 bits per heavy atom. The number of nitrogens with one attached hydrogen (secondary N) is 1. The zero-order chi connectivity index (χ0) is 17.2. The highest BCUT2D eigenvalue weighted by molar-refractivity contribution is 7.89. The van der Waals surface area contributed by atoms with Crippen LogP contribution in [0.4, 0.5) is 5.69 Å². The van der Waals surface area contributed by atoms with Crippen LogP contribution in [0.5, 0.6) is 0 Å². The van der Waals surface area contributed by atoms with E-state index in [-0.39, 0.29) is 16.8 Å². The molecule has 1 aliphatic heterocycles. The predicted octanol–water partition coefficient (Wildman–Crippen LogP) is 1.21. The molecule has 7 heteroatoms. The molecule has 2 rings (SSSR count). The summed E-state index contributed by atoms with van der Waals surface area (Å²) in [4.78, 5) is 15.5. The van der Waals surface area contributed by atoms with Gasteiger partial charge in [0.05, 0.1) is 4.90 Å². The first kappa shape index (κ1) is 17.9. The van der Waals surface area contributed by atoms with Crippen molar-refractivity contribution in [3.63, 3.8) is 0 Å². The molecule has 0 fully saturated rings. The van der Waals surface area contributed by atoms with Crippen LogP contribution in [0.3, 0.4) is 0 Å². The van der Waals surface area contributed by atoms with Gasteiger partial charge in [0.2, 0.25) is 15.9 Å². The molecule has 0 radical (unpaired) electrons. The second-order valence-electron chi connectivity index (χ2n) is 6.33. The van der Waals surface area contributed by atoms with E-state index < -0.39 is 10.0 Å². The van der Waals surface area contributed by atoms with E-state index in [1.54, 1.807) is 23.1 Å². The Bertz CT molecular complexity index is 686. The molecule has 1 aromatic carbocycles. The average Bonchev–Trinajstić information content (AvgIpc) is 2.87. The maximum Gasteiger partial charge on any atom is 0.240 e. The largest absolute Gasteiger partial charge is 0.312 e. The fourth-order valence-corrected chi connectivity index (χ4v) is 4.04. The highest BCUT2D eigenvalue weighted by atomic mass is 32.2. The fourth-order valence-electron chi connectivity index (χ4n) is 2.72. The molecule has 0 bridgehead atoms. The molecule has 1 aromatic rings. The van der Waals surface area contributed by atoms with Crippen molar-refractivity contribution in [2.75, 3.05) is 32.1 Å². The van der Waals surface area contributed by atoms with Crippen LogP contribution in [0.1, 0.15) is 25.8 Å². The summed E-state index contributed by atoms with van der Waals surface area (Å²) >= 11 is 0. The molecule has 6 nitrogen and oxygen atoms in total. The standard InChI is InChI=1S/C16H25N3O3S/c1-12(7-9-18(3)4)17-23(21,22)15-5-6-16-14(11-15)8-10-19(16)13(2)20/h5-6,11-12,17H,7-10H2,1-4H3/t12-/m0/s1. The van der Waals surface area contributed by atoms with E-state index in [4.69, 9.17) is 0 Å². The van der Waals surface area contributed by atoms with Crippen molar-refractivity contribution in [1.29, 1.82) is 0 Å². The van der Waals surface area contributed by atoms with Gasteiger partial charge in [0.15, 0.2) is 0 Å². The maximum atomic E-state index is 12.5. The fraction of sp³-hybridized carbons (Fsp3) is 0.562. The van der Waals surface area contributed by atoms with E-state index >= 15 is 0 Å². The highest BCUT2D eigenvalue weighted by Crippen LogP contribution is 2.30. The van der Waals surface area contributed by atoms with Crippen molar-refractivity contribution in [3.05, 3.63) is 23.8 Å². The van der Waals surface area contributed by atoms with Crippen LogP contribution >= 0.6 is 0 Å². The number of carbonyl (C=O) groups excluding carboxylic acids is 1. The summed E-state index contributed by atoms with van der Waals surface area (Å²) in [6.45, 7) is 4.82. The van der Waals surface area contributed by atoms with Gasteiger partial charge in [-0.2, -0.15) is 0 Å². The Labute approximate surface area is 138 Å². The van der Waals surface area contributed by atoms with E-state index in [2.05, 4.69) is 4.72 Å². The monoisotopic (exact) mass is 339 g/mol. The smallest absolute Gasteiger partial charge is 0.240 e. The van der Waals surface area contributed by atoms with E-state index in [1.165, 1.54) is 6.92 Å². The van der Waals surface area contributed by atoms with Gasteiger partial charge in [0.1, 0.15) is 0 Å². The lowest BCUT2D eigenvalue weighted by molar-refractivity contribution is -0.116. The lowest BCUT2D eigenvalue weighted by Crippen LogP contribution is -2.34. The van der Waals surface area contributed by atoms with Gasteiger partial charge >= 0.3 is 0 Å². The lowest BCUT2D eigenvalue weighted by Gasteiger charge is -2.18. The topological polar surface area (TPSA) is 69.7 Å². The van der Waals surface area contributed by atoms with Gasteiger partial charge in [-0.1, -0.05) is 0 Å². The van der Waals surface area contributed by atoms with Crippen molar-refractivity contribution in [2.45, 2.75) is 37.6 Å². The van der Waals surface area contributed by atoms with Crippen molar-refractivity contribution in [1.82, 2.24) is 9.62 Å². The number of nitrogens with zero attached hydrogens (tertiary/aromatic N) is 2. The van der Waals surface area contributed by atoms with Crippen LogP contribution in [-0.2, 0) is 21.2 Å². The number of rotatable bonds is 6. The molecule has 0 unspecified atom stereocenters. The molecule has 0 spiro atoms. The Balaban J connectivity index is 2.14. The third-order valence-electron chi connectivity index (χ3n) is 4.00. The van der Waals surface area contributed by atoms with Crippen molar-refractivity contribution in [3.8, 4) is 0 Å². The zero-order valence-electron chi connectivity index (χ0n) is 14.2. The summed E-state index contributed by atoms with van der Waals surface area (Å²) in [5.41, 5.74) is 1.72. The molecule has 1 atom stereocenters. The minimum atomic E-state index is -3.54. The first-order valence-electron chi connectivity index (χ1n) is 7.79. The number of hydrogen-bond donors (Lipinski definition) is 1. The second kappa shape index (κ2) is 6.98. The quantitative estimate of drug-likeness (QED) is 0.846. The molecular weight excluding hydrogens is 314 g/mol. The Hall–Kier alpha value is -1.44. The van der Waals surface area contributed by atoms with Crippen LogP contribution in [0, 0.1) is 0 Å². The molecule has 1 N–H and O–H groups in total. The van der Waals surface area contributed by atoms with Gasteiger partial charge in [-0.3, -0.25) is 4.79 Å². The molecule has 0 aliphatic carbocycles. The summed E-state index contributed by atoms with van der Waals surface area (Å²) in [6.07, 6.45) is 1.43. The van der Waals surface area contributed by atoms with Crippen molar-refractivity contribution < 1.29 is 13.2 Å². The zero-order valence-corrected chi connectivity index (χ0v) is 15.0. The Kier molecular flexibility index (Phi) is 5.44. The van der Waals surface area contributed by atoms with Crippen molar-refractivity contribution in [2.24, 2.45) is 0 Å². The van der Waals surface area contributed by atoms with E-state index in [0.717, 1.165) is 24.2 Å². The van der Waals surface area contributed by atoms with Gasteiger partial charge in [-0.15, -0.1) is 0 Å². The first-order chi connectivity index (χ1) is 10.7. The third kappa shape index (κ3) is 4.31. The van der Waals surface area contributed by atoms with Gasteiger partial charge in [-0.05, 0) is 64.2 Å². The molecule has 1 heterocycles. The van der Waals surface area contributed by atoms with Gasteiger partial charge in [0.25, 0.3) is 0 Å². The Morgan fingerprint density at radius 1 is 1.39 bits per heavy atom. The maximum absolute atomic E-state index is 12.5. The minimum absolute atomic E-state index is 0.0187. The van der Waals surface area contributed by atoms with Crippen LogP contribution in [0.15, 0.2) is 23.1 Å². The highest BCUT2D eigenvalue weighted by Gasteiger charge is 2.25. The molecule has 128 valence electrons. The summed E-state index contributed by atoms with van der Waals surface area (Å²) in [6, 6.07) is 4.84. The summed E-state index contributed by atoms with van der Waals surface area (Å²) in [5.74, 6) is -0.0187. The summed E-state index contributed by atoms with van der Waals surface area (Å²) < 4.78 is 27.7. The Morgan fingerprint density at radius 2 is 2.09 bits per heavy atom. The normalized spacial score (nSPS) is 15.8. The number of hydrogen-bond acceptors (Lipinski definition) is 4. The number of fused-ring (bicyclic) bond motifs is 1. The molecule has 0 saturated heterocycles. The molecular formula is C16H25N3O3S. The summed E-state index contributed by atoms with van der Waals surface area (Å²) in [7, 11) is 0.383. The predicted molar refractivity (Wildman–Crippen MR) is 91.1 cm³/mol. The number of amides is 1. The van der Waals surface area contributed by atoms with Crippen molar-refractivity contribution >= 4 is 21.6 Å². The summed E-state index contributed by atoms with van der Waals surface area (Å²) in [5, 5.41) is 0. The lowest BCUT2D eigenvalue weighted by atomic mass is 10.2. The average molecular weight is 339 g/mol. The number of carbonyl (C=O) groups is 1.